The van der Waals surface area contributed by atoms with Crippen molar-refractivity contribution >= 4 is 17.1 Å². The van der Waals surface area contributed by atoms with Crippen LogP contribution in [-0.2, 0) is 4.89 Å². The number of benzene rings is 3. The van der Waals surface area contributed by atoms with Gasteiger partial charge in [-0.2, -0.15) is 4.89 Å². The number of hydrogen-bond donors (Lipinski definition) is 0. The Morgan fingerprint density at radius 3 is 1.50 bits per heavy atom. The van der Waals surface area contributed by atoms with E-state index in [-0.39, 0.29) is 0 Å². The van der Waals surface area contributed by atoms with Gasteiger partial charge in [-0.3, -0.25) is 0 Å². The largest absolute Gasteiger partial charge is 0.338 e. The molecule has 0 bridgehead atoms. The minimum Gasteiger partial charge on any atom is -0.338 e. The monoisotopic (exact) mass is 291 g/mol. The quantitative estimate of drug-likeness (QED) is 0.482. The lowest BCUT2D eigenvalue weighted by Crippen LogP contribution is -2.09. The van der Waals surface area contributed by atoms with Gasteiger partial charge in [0.25, 0.3) is 0 Å². The molecule has 3 rings (SSSR count). The maximum atomic E-state index is 5.03. The molecule has 0 fully saturated rings. The second-order valence-electron chi connectivity index (χ2n) is 4.75. The molecule has 0 spiro atoms. The summed E-state index contributed by atoms with van der Waals surface area (Å²) in [6.45, 7) is 0. The molecule has 0 saturated carbocycles. The van der Waals surface area contributed by atoms with E-state index in [9.17, 15) is 0 Å². The number of anilines is 3. The van der Waals surface area contributed by atoms with Crippen LogP contribution in [-0.4, -0.2) is 7.11 Å². The van der Waals surface area contributed by atoms with E-state index in [1.54, 1.807) is 0 Å². The lowest BCUT2D eigenvalue weighted by atomic mass is 10.2. The molecule has 22 heavy (non-hydrogen) atoms. The summed E-state index contributed by atoms with van der Waals surface area (Å²) in [7, 11) is 1.49. The lowest BCUT2D eigenvalue weighted by molar-refractivity contribution is -0.178. The second kappa shape index (κ2) is 6.78. The summed E-state index contributed by atoms with van der Waals surface area (Å²) in [6.07, 6.45) is 0. The van der Waals surface area contributed by atoms with Gasteiger partial charge in [0.15, 0.2) is 5.75 Å². The Morgan fingerprint density at radius 2 is 1.05 bits per heavy atom. The van der Waals surface area contributed by atoms with Gasteiger partial charge in [0.2, 0.25) is 0 Å². The second-order valence-corrected chi connectivity index (χ2v) is 4.75. The molecule has 0 aliphatic rings. The third kappa shape index (κ3) is 3.10. The van der Waals surface area contributed by atoms with Gasteiger partial charge in [0.05, 0.1) is 7.11 Å². The predicted octanol–water partition coefficient (Wildman–Crippen LogP) is 5.10. The van der Waals surface area contributed by atoms with Gasteiger partial charge in [-0.1, -0.05) is 36.4 Å². The summed E-state index contributed by atoms with van der Waals surface area (Å²) >= 11 is 0. The summed E-state index contributed by atoms with van der Waals surface area (Å²) in [5.74, 6) is 0.673. The highest BCUT2D eigenvalue weighted by Gasteiger charge is 2.11. The van der Waals surface area contributed by atoms with Crippen molar-refractivity contribution < 1.29 is 9.78 Å². The van der Waals surface area contributed by atoms with Gasteiger partial charge in [-0.25, -0.2) is 0 Å². The molecular weight excluding hydrogens is 274 g/mol. The maximum absolute atomic E-state index is 5.03. The first-order valence-corrected chi connectivity index (χ1v) is 7.09. The van der Waals surface area contributed by atoms with E-state index in [0.29, 0.717) is 5.75 Å². The van der Waals surface area contributed by atoms with Crippen LogP contribution in [0.25, 0.3) is 0 Å². The standard InChI is InChI=1S/C19H17NO2/c1-21-22-19-14-12-18(13-15-19)20(16-8-4-2-5-9-16)17-10-6-3-7-11-17/h2-15H,1H3. The Morgan fingerprint density at radius 1 is 0.591 bits per heavy atom. The SMILES string of the molecule is COOc1ccc(N(c2ccccc2)c2ccccc2)cc1. The van der Waals surface area contributed by atoms with Gasteiger partial charge < -0.3 is 9.79 Å². The fraction of sp³-hybridized carbons (Fsp3) is 0.0526. The van der Waals surface area contributed by atoms with Crippen LogP contribution >= 0.6 is 0 Å². The summed E-state index contributed by atoms with van der Waals surface area (Å²) in [5.41, 5.74) is 3.27. The van der Waals surface area contributed by atoms with Crippen molar-refractivity contribution in [3.05, 3.63) is 84.9 Å². The van der Waals surface area contributed by atoms with E-state index in [1.165, 1.54) is 7.11 Å². The smallest absolute Gasteiger partial charge is 0.165 e. The first-order chi connectivity index (χ1) is 10.9. The molecule has 0 aliphatic heterocycles. The molecule has 0 atom stereocenters. The van der Waals surface area contributed by atoms with Crippen LogP contribution in [0.3, 0.4) is 0 Å². The van der Waals surface area contributed by atoms with Crippen LogP contribution in [0, 0.1) is 0 Å². The first kappa shape index (κ1) is 14.2. The van der Waals surface area contributed by atoms with E-state index in [4.69, 9.17) is 4.89 Å². The maximum Gasteiger partial charge on any atom is 0.165 e. The first-order valence-electron chi connectivity index (χ1n) is 7.09. The van der Waals surface area contributed by atoms with Crippen LogP contribution in [0.1, 0.15) is 0 Å². The Labute approximate surface area is 130 Å². The molecule has 0 saturated heterocycles. The van der Waals surface area contributed by atoms with E-state index >= 15 is 0 Å². The van der Waals surface area contributed by atoms with Crippen LogP contribution in [0.4, 0.5) is 17.1 Å². The molecule has 0 heterocycles. The van der Waals surface area contributed by atoms with Crippen LogP contribution in [0.2, 0.25) is 0 Å². The molecule has 0 aromatic heterocycles. The van der Waals surface area contributed by atoms with Gasteiger partial charge in [-0.05, 0) is 48.5 Å². The highest BCUT2D eigenvalue weighted by atomic mass is 17.2. The van der Waals surface area contributed by atoms with Crippen LogP contribution in [0.15, 0.2) is 84.9 Å². The molecule has 0 amide bonds. The fourth-order valence-corrected chi connectivity index (χ4v) is 2.35. The zero-order valence-corrected chi connectivity index (χ0v) is 12.3. The third-order valence-corrected chi connectivity index (χ3v) is 3.30. The molecule has 3 nitrogen and oxygen atoms in total. The molecule has 0 N–H and O–H groups in total. The minimum atomic E-state index is 0.673. The van der Waals surface area contributed by atoms with Crippen molar-refractivity contribution in [2.45, 2.75) is 0 Å². The molecular formula is C19H17NO2. The zero-order chi connectivity index (χ0) is 15.2. The molecule has 0 aliphatic carbocycles. The van der Waals surface area contributed by atoms with Crippen molar-refractivity contribution in [1.82, 2.24) is 0 Å². The molecule has 3 heteroatoms. The Bertz CT molecular complexity index is 657. The summed E-state index contributed by atoms with van der Waals surface area (Å²) in [6, 6.07) is 28.3. The van der Waals surface area contributed by atoms with Crippen molar-refractivity contribution in [2.24, 2.45) is 0 Å². The molecule has 0 unspecified atom stereocenters. The Hall–Kier alpha value is -2.78. The average molecular weight is 291 g/mol. The average Bonchev–Trinajstić information content (AvgIpc) is 2.59. The van der Waals surface area contributed by atoms with E-state index < -0.39 is 0 Å². The number of para-hydroxylation sites is 2. The highest BCUT2D eigenvalue weighted by molar-refractivity contribution is 5.76. The third-order valence-electron chi connectivity index (χ3n) is 3.30. The number of hydrogen-bond acceptors (Lipinski definition) is 3. The molecule has 3 aromatic rings. The minimum absolute atomic E-state index is 0.673. The Balaban J connectivity index is 2.02. The van der Waals surface area contributed by atoms with Gasteiger partial charge in [0.1, 0.15) is 0 Å². The normalized spacial score (nSPS) is 10.2. The van der Waals surface area contributed by atoms with Crippen molar-refractivity contribution in [1.29, 1.82) is 0 Å². The van der Waals surface area contributed by atoms with E-state index in [2.05, 4.69) is 34.1 Å². The summed E-state index contributed by atoms with van der Waals surface area (Å²) in [4.78, 5) is 11.9. The molecule has 0 radical (unpaired) electrons. The highest BCUT2D eigenvalue weighted by Crippen LogP contribution is 2.34. The molecule has 110 valence electrons. The van der Waals surface area contributed by atoms with Gasteiger partial charge >= 0.3 is 0 Å². The molecule has 3 aromatic carbocycles. The van der Waals surface area contributed by atoms with E-state index in [0.717, 1.165) is 17.1 Å². The lowest BCUT2D eigenvalue weighted by Gasteiger charge is -2.25. The summed E-state index contributed by atoms with van der Waals surface area (Å²) in [5, 5.41) is 0. The number of rotatable bonds is 5. The van der Waals surface area contributed by atoms with Crippen molar-refractivity contribution in [3.8, 4) is 5.75 Å². The zero-order valence-electron chi connectivity index (χ0n) is 12.3. The number of nitrogens with zero attached hydrogens (tertiary/aromatic N) is 1. The van der Waals surface area contributed by atoms with Crippen LogP contribution in [0.5, 0.6) is 5.75 Å². The van der Waals surface area contributed by atoms with E-state index in [1.807, 2.05) is 60.7 Å². The van der Waals surface area contributed by atoms with Crippen molar-refractivity contribution in [2.75, 3.05) is 12.0 Å². The van der Waals surface area contributed by atoms with Gasteiger partial charge in [0, 0.05) is 17.1 Å². The fourth-order valence-electron chi connectivity index (χ4n) is 2.35. The van der Waals surface area contributed by atoms with Crippen molar-refractivity contribution in [3.63, 3.8) is 0 Å². The summed E-state index contributed by atoms with van der Waals surface area (Å²) < 4.78 is 0. The predicted molar refractivity (Wildman–Crippen MR) is 88.8 cm³/mol. The van der Waals surface area contributed by atoms with Crippen LogP contribution < -0.4 is 9.79 Å². The van der Waals surface area contributed by atoms with Gasteiger partial charge in [-0.15, -0.1) is 0 Å². The Kier molecular flexibility index (Phi) is 4.37. The topological polar surface area (TPSA) is 21.7 Å².